The number of aliphatic hydroxyl groups excluding tert-OH is 1. The van der Waals surface area contributed by atoms with Crippen molar-refractivity contribution >= 4 is 11.6 Å². The van der Waals surface area contributed by atoms with Crippen LogP contribution in [0.3, 0.4) is 0 Å². The molecule has 3 heterocycles. The average molecular weight is 367 g/mol. The van der Waals surface area contributed by atoms with Crippen LogP contribution in [0.15, 0.2) is 53.3 Å². The monoisotopic (exact) mass is 367 g/mol. The van der Waals surface area contributed by atoms with Gasteiger partial charge in [0.2, 0.25) is 5.91 Å². The van der Waals surface area contributed by atoms with Crippen LogP contribution in [0, 0.1) is 11.8 Å². The van der Waals surface area contributed by atoms with E-state index in [4.69, 9.17) is 0 Å². The zero-order valence-corrected chi connectivity index (χ0v) is 15.4. The summed E-state index contributed by atoms with van der Waals surface area (Å²) in [5.74, 6) is -0.703. The van der Waals surface area contributed by atoms with Gasteiger partial charge in [-0.3, -0.25) is 14.5 Å². The van der Waals surface area contributed by atoms with Gasteiger partial charge in [0, 0.05) is 42.6 Å². The molecule has 1 fully saturated rings. The van der Waals surface area contributed by atoms with Crippen LogP contribution < -0.4 is 10.9 Å². The molecule has 2 bridgehead atoms. The summed E-state index contributed by atoms with van der Waals surface area (Å²) in [6, 6.07) is 14.4. The van der Waals surface area contributed by atoms with Crippen molar-refractivity contribution in [3.05, 3.63) is 64.6 Å². The molecule has 2 N–H and O–H groups in total. The Bertz CT molecular complexity index is 880. The number of amides is 1. The van der Waals surface area contributed by atoms with Gasteiger partial charge in [0.25, 0.3) is 5.56 Å². The maximum atomic E-state index is 13.2. The van der Waals surface area contributed by atoms with Crippen LogP contribution >= 0.6 is 0 Å². The van der Waals surface area contributed by atoms with Gasteiger partial charge in [-0.25, -0.2) is 0 Å². The Kier molecular flexibility index (Phi) is 4.85. The fraction of sp³-hybridized carbons (Fsp3) is 0.429. The fourth-order valence-corrected chi connectivity index (χ4v) is 4.79. The van der Waals surface area contributed by atoms with Crippen LogP contribution in [0.4, 0.5) is 5.69 Å². The van der Waals surface area contributed by atoms with Crippen molar-refractivity contribution in [1.29, 1.82) is 0 Å². The third kappa shape index (κ3) is 2.99. The third-order valence-corrected chi connectivity index (χ3v) is 5.87. The topological polar surface area (TPSA) is 74.6 Å². The molecule has 0 aliphatic carbocycles. The second-order valence-corrected chi connectivity index (χ2v) is 7.38. The van der Waals surface area contributed by atoms with Crippen LogP contribution in [0.5, 0.6) is 0 Å². The number of aromatic nitrogens is 1. The van der Waals surface area contributed by atoms with E-state index in [1.54, 1.807) is 16.7 Å². The number of fused-ring (bicyclic) bond motifs is 4. The summed E-state index contributed by atoms with van der Waals surface area (Å²) in [4.78, 5) is 27.9. The Morgan fingerprint density at radius 1 is 1.19 bits per heavy atom. The number of carbonyl (C=O) groups excluding carboxylic acids is 1. The average Bonchev–Trinajstić information content (AvgIpc) is 2.88. The van der Waals surface area contributed by atoms with E-state index in [0.717, 1.165) is 24.3 Å². The highest BCUT2D eigenvalue weighted by Crippen LogP contribution is 2.48. The first kappa shape index (κ1) is 17.9. The van der Waals surface area contributed by atoms with Crippen LogP contribution in [-0.4, -0.2) is 39.7 Å². The van der Waals surface area contributed by atoms with Gasteiger partial charge in [0.1, 0.15) is 0 Å². The summed E-state index contributed by atoms with van der Waals surface area (Å²) in [5, 5.41) is 13.1. The molecule has 2 aliphatic heterocycles. The Balaban J connectivity index is 1.75. The van der Waals surface area contributed by atoms with Crippen molar-refractivity contribution in [1.82, 2.24) is 9.47 Å². The molecular formula is C21H25N3O3. The molecule has 1 aromatic heterocycles. The normalized spacial score (nSPS) is 26.6. The Hall–Kier alpha value is -2.44. The molecule has 2 aliphatic rings. The molecule has 142 valence electrons. The predicted molar refractivity (Wildman–Crippen MR) is 103 cm³/mol. The van der Waals surface area contributed by atoms with Crippen molar-refractivity contribution in [2.45, 2.75) is 32.0 Å². The van der Waals surface area contributed by atoms with Gasteiger partial charge in [-0.2, -0.15) is 0 Å². The highest BCUT2D eigenvalue weighted by molar-refractivity contribution is 5.93. The lowest BCUT2D eigenvalue weighted by molar-refractivity contribution is -0.122. The van der Waals surface area contributed by atoms with Crippen LogP contribution in [0.2, 0.25) is 0 Å². The molecule has 6 nitrogen and oxygen atoms in total. The largest absolute Gasteiger partial charge is 0.396 e. The molecule has 4 atom stereocenters. The Morgan fingerprint density at radius 2 is 1.96 bits per heavy atom. The summed E-state index contributed by atoms with van der Waals surface area (Å²) in [5.41, 5.74) is 1.57. The highest BCUT2D eigenvalue weighted by Gasteiger charge is 2.55. The molecule has 1 amide bonds. The van der Waals surface area contributed by atoms with Gasteiger partial charge in [0.05, 0.1) is 12.0 Å². The molecule has 4 rings (SSSR count). The predicted octanol–water partition coefficient (Wildman–Crippen LogP) is 1.86. The number of hydrogen-bond donors (Lipinski definition) is 2. The zero-order valence-electron chi connectivity index (χ0n) is 15.4. The van der Waals surface area contributed by atoms with Gasteiger partial charge < -0.3 is 15.0 Å². The van der Waals surface area contributed by atoms with E-state index < -0.39 is 5.92 Å². The third-order valence-electron chi connectivity index (χ3n) is 5.87. The maximum Gasteiger partial charge on any atom is 0.250 e. The Morgan fingerprint density at radius 3 is 2.67 bits per heavy atom. The van der Waals surface area contributed by atoms with Crippen LogP contribution in [0.1, 0.15) is 25.1 Å². The molecule has 0 unspecified atom stereocenters. The smallest absolute Gasteiger partial charge is 0.250 e. The summed E-state index contributed by atoms with van der Waals surface area (Å²) in [6.07, 6.45) is 0.954. The standard InChI is InChI=1S/C21H25N3O3/c1-2-11-23-17-12-24-16(9-6-10-18(24)26)20(23)19(15(17)13-25)21(27)22-14-7-4-3-5-8-14/h3-10,15,17,19-20,25H,2,11-13H2,1H3,(H,22,27)/t15-,17-,19+,20+/m0/s1. The minimum atomic E-state index is -0.401. The number of carbonyl (C=O) groups is 1. The lowest BCUT2D eigenvalue weighted by Gasteiger charge is -2.37. The molecule has 0 saturated carbocycles. The second-order valence-electron chi connectivity index (χ2n) is 7.38. The molecule has 1 saturated heterocycles. The first-order valence-electron chi connectivity index (χ1n) is 9.58. The number of para-hydroxylation sites is 1. The number of hydrogen-bond acceptors (Lipinski definition) is 4. The fourth-order valence-electron chi connectivity index (χ4n) is 4.79. The van der Waals surface area contributed by atoms with Gasteiger partial charge in [0.15, 0.2) is 0 Å². The van der Waals surface area contributed by atoms with Gasteiger partial charge >= 0.3 is 0 Å². The minimum absolute atomic E-state index is 0.0147. The number of pyridine rings is 1. The maximum absolute atomic E-state index is 13.2. The number of benzene rings is 1. The number of aliphatic hydroxyl groups is 1. The summed E-state index contributed by atoms with van der Waals surface area (Å²) < 4.78 is 1.78. The van der Waals surface area contributed by atoms with Crippen molar-refractivity contribution < 1.29 is 9.90 Å². The van der Waals surface area contributed by atoms with E-state index in [-0.39, 0.29) is 36.1 Å². The van der Waals surface area contributed by atoms with E-state index in [2.05, 4.69) is 17.1 Å². The van der Waals surface area contributed by atoms with E-state index in [9.17, 15) is 14.7 Å². The first-order valence-corrected chi connectivity index (χ1v) is 9.58. The number of anilines is 1. The van der Waals surface area contributed by atoms with Crippen molar-refractivity contribution in [3.63, 3.8) is 0 Å². The quantitative estimate of drug-likeness (QED) is 0.846. The zero-order chi connectivity index (χ0) is 19.0. The van der Waals surface area contributed by atoms with Gasteiger partial charge in [-0.05, 0) is 31.2 Å². The molecule has 1 aromatic carbocycles. The van der Waals surface area contributed by atoms with E-state index in [0.29, 0.717) is 6.54 Å². The molecule has 2 aromatic rings. The van der Waals surface area contributed by atoms with Gasteiger partial charge in [-0.15, -0.1) is 0 Å². The van der Waals surface area contributed by atoms with Crippen molar-refractivity contribution in [2.24, 2.45) is 11.8 Å². The summed E-state index contributed by atoms with van der Waals surface area (Å²) in [6.45, 7) is 3.39. The van der Waals surface area contributed by atoms with E-state index in [1.807, 2.05) is 36.4 Å². The molecule has 0 spiro atoms. The second kappa shape index (κ2) is 7.29. The summed E-state index contributed by atoms with van der Waals surface area (Å²) in [7, 11) is 0. The summed E-state index contributed by atoms with van der Waals surface area (Å²) >= 11 is 0. The van der Waals surface area contributed by atoms with E-state index in [1.165, 1.54) is 0 Å². The molecule has 27 heavy (non-hydrogen) atoms. The highest BCUT2D eigenvalue weighted by atomic mass is 16.3. The molecule has 6 heteroatoms. The first-order chi connectivity index (χ1) is 13.2. The van der Waals surface area contributed by atoms with Gasteiger partial charge in [-0.1, -0.05) is 31.2 Å². The Labute approximate surface area is 158 Å². The number of nitrogens with one attached hydrogen (secondary N) is 1. The molecule has 0 radical (unpaired) electrons. The van der Waals surface area contributed by atoms with E-state index >= 15 is 0 Å². The minimum Gasteiger partial charge on any atom is -0.396 e. The lowest BCUT2D eigenvalue weighted by atomic mass is 9.86. The van der Waals surface area contributed by atoms with Crippen molar-refractivity contribution in [2.75, 3.05) is 18.5 Å². The van der Waals surface area contributed by atoms with Crippen LogP contribution in [-0.2, 0) is 11.3 Å². The van der Waals surface area contributed by atoms with Crippen LogP contribution in [0.25, 0.3) is 0 Å². The number of nitrogens with zero attached hydrogens (tertiary/aromatic N) is 2. The lowest BCUT2D eigenvalue weighted by Crippen LogP contribution is -2.46. The van der Waals surface area contributed by atoms with Crippen molar-refractivity contribution in [3.8, 4) is 0 Å². The molecular weight excluding hydrogens is 342 g/mol. The number of rotatable bonds is 5. The SMILES string of the molecule is CCCN1[C@@H]2c3cccc(=O)n3C[C@H]1[C@H](CO)[C@H]2C(=O)Nc1ccccc1.